The third kappa shape index (κ3) is 6.34. The minimum Gasteiger partial charge on any atom is -0.477 e. The molecule has 8 nitrogen and oxygen atoms in total. The van der Waals surface area contributed by atoms with E-state index < -0.39 is 10.5 Å². The topological polar surface area (TPSA) is 94.8 Å². The second-order valence-electron chi connectivity index (χ2n) is 7.79. The van der Waals surface area contributed by atoms with Crippen molar-refractivity contribution in [3.05, 3.63) is 26.9 Å². The lowest BCUT2D eigenvalue weighted by Crippen LogP contribution is -2.46. The minimum absolute atomic E-state index is 0.0856. The van der Waals surface area contributed by atoms with E-state index in [9.17, 15) is 14.9 Å². The van der Waals surface area contributed by atoms with Gasteiger partial charge in [-0.2, -0.15) is 0 Å². The highest BCUT2D eigenvalue weighted by Crippen LogP contribution is 2.29. The highest BCUT2D eigenvalue weighted by molar-refractivity contribution is 9.10. The summed E-state index contributed by atoms with van der Waals surface area (Å²) in [5.74, 6) is 0.787. The second-order valence-corrected chi connectivity index (χ2v) is 8.64. The molecular formula is C18H26BrN3O5. The molecule has 0 bridgehead atoms. The summed E-state index contributed by atoms with van der Waals surface area (Å²) < 4.78 is 11.6. The number of nitrogens with zero attached hydrogens (tertiary/aromatic N) is 3. The molecule has 0 unspecified atom stereocenters. The Bertz CT molecular complexity index is 692. The highest BCUT2D eigenvalue weighted by Gasteiger charge is 2.31. The number of hydrogen-bond donors (Lipinski definition) is 0. The van der Waals surface area contributed by atoms with Crippen LogP contribution in [0.25, 0.3) is 0 Å². The number of pyridine rings is 1. The Balaban J connectivity index is 1.80. The largest absolute Gasteiger partial charge is 0.477 e. The van der Waals surface area contributed by atoms with E-state index in [-0.39, 0.29) is 17.8 Å². The van der Waals surface area contributed by atoms with Crippen molar-refractivity contribution in [1.29, 1.82) is 0 Å². The van der Waals surface area contributed by atoms with E-state index in [4.69, 9.17) is 9.47 Å². The molecule has 1 aliphatic rings. The van der Waals surface area contributed by atoms with E-state index in [0.717, 1.165) is 19.3 Å². The smallest absolute Gasteiger partial charge is 0.410 e. The molecule has 0 saturated carbocycles. The van der Waals surface area contributed by atoms with Crippen molar-refractivity contribution in [2.75, 3.05) is 13.2 Å². The zero-order valence-corrected chi connectivity index (χ0v) is 17.7. The van der Waals surface area contributed by atoms with Gasteiger partial charge in [0.05, 0.1) is 16.0 Å². The molecule has 1 aromatic heterocycles. The average molecular weight is 444 g/mol. The molecule has 9 heteroatoms. The Labute approximate surface area is 167 Å². The fourth-order valence-electron chi connectivity index (χ4n) is 3.07. The molecule has 2 atom stereocenters. The zero-order chi connectivity index (χ0) is 20.2. The molecule has 1 aromatic rings. The van der Waals surface area contributed by atoms with Crippen molar-refractivity contribution in [1.82, 2.24) is 9.88 Å². The van der Waals surface area contributed by atoms with Crippen LogP contribution in [0.5, 0.6) is 5.88 Å². The van der Waals surface area contributed by atoms with Gasteiger partial charge in [-0.15, -0.1) is 0 Å². The summed E-state index contributed by atoms with van der Waals surface area (Å²) in [5.41, 5.74) is -0.579. The fourth-order valence-corrected chi connectivity index (χ4v) is 3.52. The van der Waals surface area contributed by atoms with Crippen LogP contribution in [0, 0.1) is 16.0 Å². The van der Waals surface area contributed by atoms with Gasteiger partial charge in [-0.25, -0.2) is 9.78 Å². The third-order valence-corrected chi connectivity index (χ3v) is 4.95. The van der Waals surface area contributed by atoms with Gasteiger partial charge in [0, 0.05) is 18.7 Å². The number of carbonyl (C=O) groups is 1. The molecular weight excluding hydrogens is 418 g/mol. The number of nitro groups is 1. The Morgan fingerprint density at radius 3 is 2.74 bits per heavy atom. The molecule has 1 saturated heterocycles. The lowest BCUT2D eigenvalue weighted by molar-refractivity contribution is -0.385. The highest BCUT2D eigenvalue weighted by atomic mass is 79.9. The Morgan fingerprint density at radius 1 is 1.48 bits per heavy atom. The molecule has 2 rings (SSSR count). The molecule has 0 radical (unpaired) electrons. The van der Waals surface area contributed by atoms with E-state index in [1.165, 1.54) is 12.3 Å². The maximum absolute atomic E-state index is 12.3. The summed E-state index contributed by atoms with van der Waals surface area (Å²) in [6.45, 7) is 8.76. The van der Waals surface area contributed by atoms with Crippen LogP contribution in [0.3, 0.4) is 0 Å². The average Bonchev–Trinajstić information content (AvgIpc) is 2.54. The Kier molecular flexibility index (Phi) is 7.02. The van der Waals surface area contributed by atoms with Gasteiger partial charge in [0.1, 0.15) is 11.8 Å². The van der Waals surface area contributed by atoms with Crippen molar-refractivity contribution in [3.63, 3.8) is 0 Å². The summed E-state index contributed by atoms with van der Waals surface area (Å²) in [7, 11) is 0. The first-order chi connectivity index (χ1) is 12.6. The van der Waals surface area contributed by atoms with Crippen LogP contribution in [0.2, 0.25) is 0 Å². The lowest BCUT2D eigenvalue weighted by Gasteiger charge is -2.38. The van der Waals surface area contributed by atoms with Crippen LogP contribution in [0.15, 0.2) is 16.7 Å². The molecule has 1 aliphatic heterocycles. The summed E-state index contributed by atoms with van der Waals surface area (Å²) in [6.07, 6.45) is 3.53. The quantitative estimate of drug-likeness (QED) is 0.488. The standard InChI is InChI=1S/C18H26BrN3O5/c1-12-9-13(5-7-21(12)17(23)27-18(2,3)4)6-8-26-16-15(19)10-14(11-20-16)22(24)25/h10-13H,5-9H2,1-4H3/t12-,13-/m0/s1. The van der Waals surface area contributed by atoms with E-state index in [1.807, 2.05) is 27.7 Å². The van der Waals surface area contributed by atoms with Gasteiger partial charge >= 0.3 is 6.09 Å². The normalized spacial score (nSPS) is 20.3. The number of amides is 1. The first-order valence-electron chi connectivity index (χ1n) is 8.99. The lowest BCUT2D eigenvalue weighted by atomic mass is 9.89. The van der Waals surface area contributed by atoms with Crippen molar-refractivity contribution >= 4 is 27.7 Å². The van der Waals surface area contributed by atoms with Gasteiger partial charge in [0.2, 0.25) is 5.88 Å². The SMILES string of the molecule is C[C@H]1C[C@H](CCOc2ncc([N+](=O)[O-])cc2Br)CCN1C(=O)OC(C)(C)C. The minimum atomic E-state index is -0.499. The number of carbonyl (C=O) groups excluding carboxylic acids is 1. The molecule has 0 aromatic carbocycles. The zero-order valence-electron chi connectivity index (χ0n) is 16.1. The van der Waals surface area contributed by atoms with Crippen LogP contribution < -0.4 is 4.74 Å². The van der Waals surface area contributed by atoms with E-state index in [2.05, 4.69) is 20.9 Å². The first-order valence-corrected chi connectivity index (χ1v) is 9.78. The summed E-state index contributed by atoms with van der Waals surface area (Å²) in [6, 6.07) is 1.49. The molecule has 1 fully saturated rings. The number of hydrogen-bond acceptors (Lipinski definition) is 6. The fraction of sp³-hybridized carbons (Fsp3) is 0.667. The van der Waals surface area contributed by atoms with Crippen LogP contribution in [-0.2, 0) is 4.74 Å². The number of halogens is 1. The van der Waals surface area contributed by atoms with Crippen molar-refractivity contribution < 1.29 is 19.2 Å². The van der Waals surface area contributed by atoms with Crippen LogP contribution >= 0.6 is 15.9 Å². The number of likely N-dealkylation sites (tertiary alicyclic amines) is 1. The van der Waals surface area contributed by atoms with Crippen molar-refractivity contribution in [2.24, 2.45) is 5.92 Å². The summed E-state index contributed by atoms with van der Waals surface area (Å²) in [4.78, 5) is 28.3. The summed E-state index contributed by atoms with van der Waals surface area (Å²) in [5, 5.41) is 10.7. The summed E-state index contributed by atoms with van der Waals surface area (Å²) >= 11 is 3.25. The Hall–Kier alpha value is -1.90. The number of aromatic nitrogens is 1. The molecule has 27 heavy (non-hydrogen) atoms. The number of rotatable bonds is 5. The van der Waals surface area contributed by atoms with E-state index in [0.29, 0.717) is 29.4 Å². The van der Waals surface area contributed by atoms with Gasteiger partial charge < -0.3 is 14.4 Å². The monoisotopic (exact) mass is 443 g/mol. The second kappa shape index (κ2) is 8.86. The van der Waals surface area contributed by atoms with E-state index >= 15 is 0 Å². The molecule has 0 N–H and O–H groups in total. The first kappa shape index (κ1) is 21.4. The molecule has 0 aliphatic carbocycles. The molecule has 150 valence electrons. The molecule has 2 heterocycles. The van der Waals surface area contributed by atoms with Gasteiger partial charge in [-0.1, -0.05) is 0 Å². The van der Waals surface area contributed by atoms with Crippen LogP contribution in [-0.4, -0.2) is 45.7 Å². The number of piperidine rings is 1. The maximum atomic E-state index is 12.3. The maximum Gasteiger partial charge on any atom is 0.410 e. The van der Waals surface area contributed by atoms with Gasteiger partial charge in [-0.3, -0.25) is 10.1 Å². The van der Waals surface area contributed by atoms with Gasteiger partial charge in [-0.05, 0) is 68.8 Å². The van der Waals surface area contributed by atoms with Crippen LogP contribution in [0.4, 0.5) is 10.5 Å². The van der Waals surface area contributed by atoms with Crippen molar-refractivity contribution in [3.8, 4) is 5.88 Å². The van der Waals surface area contributed by atoms with E-state index in [1.54, 1.807) is 4.90 Å². The van der Waals surface area contributed by atoms with Crippen molar-refractivity contribution in [2.45, 2.75) is 58.6 Å². The molecule has 1 amide bonds. The van der Waals surface area contributed by atoms with Gasteiger partial charge in [0.25, 0.3) is 5.69 Å². The number of ether oxygens (including phenoxy) is 2. The predicted molar refractivity (Wildman–Crippen MR) is 104 cm³/mol. The third-order valence-electron chi connectivity index (χ3n) is 4.38. The van der Waals surface area contributed by atoms with Gasteiger partial charge in [0.15, 0.2) is 0 Å². The Morgan fingerprint density at radius 2 is 2.19 bits per heavy atom. The predicted octanol–water partition coefficient (Wildman–Crippen LogP) is 4.56. The molecule has 0 spiro atoms. The van der Waals surface area contributed by atoms with Crippen LogP contribution in [0.1, 0.15) is 47.0 Å².